The number of nitrogens with one attached hydrogen (secondary N) is 4. The highest BCUT2D eigenvalue weighted by atomic mass is 16.5. The van der Waals surface area contributed by atoms with Gasteiger partial charge in [-0.05, 0) is 91.3 Å². The molecule has 1 heterocycles. The fraction of sp³-hybridized carbons (Fsp3) is 0.400. The third kappa shape index (κ3) is 9.97. The number of nitrogens with zero attached hydrogens (tertiary/aromatic N) is 2. The number of amides is 5. The maximum Gasteiger partial charge on any atom is 0.251 e. The van der Waals surface area contributed by atoms with Crippen molar-refractivity contribution < 1.29 is 33.4 Å². The zero-order chi connectivity index (χ0) is 39.5. The van der Waals surface area contributed by atoms with Crippen LogP contribution in [0.5, 0.6) is 11.5 Å². The van der Waals surface area contributed by atoms with Crippen molar-refractivity contribution in [2.24, 2.45) is 11.5 Å². The monoisotopic (exact) mass is 752 g/mol. The molecular weight excluding hydrogens is 704 g/mol. The summed E-state index contributed by atoms with van der Waals surface area (Å²) in [4.78, 5) is 69.1. The van der Waals surface area contributed by atoms with Crippen molar-refractivity contribution in [2.75, 3.05) is 46.4 Å². The molecule has 5 rings (SSSR count). The van der Waals surface area contributed by atoms with Crippen LogP contribution in [0, 0.1) is 11.3 Å². The summed E-state index contributed by atoms with van der Waals surface area (Å²) in [5, 5.41) is 19.7. The van der Waals surface area contributed by atoms with E-state index < -0.39 is 54.2 Å². The standard InChI is InChI=1S/C40H48N8O7/c1-24-37(50)47-32(39(52)44-16-13-41)20-25-7-11-33(54-17-14-42)30(19-25)31-22-28(10-12-34(31)55-18-15-43)36(40(53)46-24)48(2)35(49)23-45-38(51)29-9-8-26-5-3-4-6-27(26)21-29/h7-12,19,21-22,24,32,36H,3-6,14-18,20,23,42-43H2,1-2H3,(H,44,52)(H,45,51)(H,46,53)(H,47,50)/t24-,32-,36-/m0/s1. The zero-order valence-corrected chi connectivity index (χ0v) is 31.1. The minimum absolute atomic E-state index is 0.0313. The van der Waals surface area contributed by atoms with Crippen LogP contribution in [0.15, 0.2) is 54.6 Å². The van der Waals surface area contributed by atoms with E-state index in [-0.39, 0.29) is 39.3 Å². The van der Waals surface area contributed by atoms with Crippen LogP contribution in [0.4, 0.5) is 0 Å². The summed E-state index contributed by atoms with van der Waals surface area (Å²) in [6.07, 6.45) is 4.06. The van der Waals surface area contributed by atoms with E-state index in [4.69, 9.17) is 26.2 Å². The Morgan fingerprint density at radius 2 is 1.55 bits per heavy atom. The highest BCUT2D eigenvalue weighted by Crippen LogP contribution is 2.40. The lowest BCUT2D eigenvalue weighted by Gasteiger charge is -2.30. The molecule has 1 aliphatic carbocycles. The van der Waals surface area contributed by atoms with Gasteiger partial charge in [0.05, 0.1) is 12.6 Å². The summed E-state index contributed by atoms with van der Waals surface area (Å²) < 4.78 is 12.1. The molecule has 3 atom stereocenters. The molecule has 1 aliphatic heterocycles. The second-order valence-corrected chi connectivity index (χ2v) is 13.5. The molecule has 5 amide bonds. The Hall–Kier alpha value is -5.98. The van der Waals surface area contributed by atoms with Crippen LogP contribution in [0.25, 0.3) is 11.1 Å². The van der Waals surface area contributed by atoms with E-state index in [2.05, 4.69) is 21.3 Å². The lowest BCUT2D eigenvalue weighted by atomic mass is 9.90. The summed E-state index contributed by atoms with van der Waals surface area (Å²) in [5.41, 5.74) is 16.4. The van der Waals surface area contributed by atoms with Crippen molar-refractivity contribution in [1.29, 1.82) is 5.26 Å². The SMILES string of the molecule is C[C@@H]1NC(=O)[C@@H](N(C)C(=O)CNC(=O)c2ccc3c(c2)CCCC3)c2ccc(OCCN)c(c2)-c2cc(ccc2OCCN)C[C@@H](C(=O)NCC#N)NC1=O. The summed E-state index contributed by atoms with van der Waals surface area (Å²) in [6, 6.07) is 14.1. The minimum atomic E-state index is -1.29. The number of benzene rings is 3. The predicted molar refractivity (Wildman–Crippen MR) is 204 cm³/mol. The van der Waals surface area contributed by atoms with Crippen molar-refractivity contribution in [3.05, 3.63) is 82.4 Å². The first-order chi connectivity index (χ1) is 26.5. The molecule has 290 valence electrons. The van der Waals surface area contributed by atoms with Gasteiger partial charge < -0.3 is 47.1 Å². The highest BCUT2D eigenvalue weighted by molar-refractivity contribution is 5.98. The van der Waals surface area contributed by atoms with Crippen molar-refractivity contribution in [3.8, 4) is 28.7 Å². The quantitative estimate of drug-likeness (QED) is 0.144. The van der Waals surface area contributed by atoms with Crippen LogP contribution in [-0.4, -0.2) is 93.0 Å². The fourth-order valence-electron chi connectivity index (χ4n) is 6.73. The fourth-order valence-corrected chi connectivity index (χ4v) is 6.73. The number of aryl methyl sites for hydroxylation is 2. The second-order valence-electron chi connectivity index (χ2n) is 13.5. The molecule has 15 nitrogen and oxygen atoms in total. The summed E-state index contributed by atoms with van der Waals surface area (Å²) >= 11 is 0. The maximum absolute atomic E-state index is 14.2. The maximum atomic E-state index is 14.2. The van der Waals surface area contributed by atoms with Crippen LogP contribution >= 0.6 is 0 Å². The number of carbonyl (C=O) groups is 5. The van der Waals surface area contributed by atoms with Crippen LogP contribution < -0.4 is 42.2 Å². The average molecular weight is 753 g/mol. The number of hydrogen-bond donors (Lipinski definition) is 6. The largest absolute Gasteiger partial charge is 0.492 e. The van der Waals surface area contributed by atoms with Gasteiger partial charge in [-0.1, -0.05) is 18.2 Å². The van der Waals surface area contributed by atoms with Gasteiger partial charge in [-0.25, -0.2) is 0 Å². The Morgan fingerprint density at radius 3 is 2.24 bits per heavy atom. The van der Waals surface area contributed by atoms with Crippen LogP contribution in [-0.2, 0) is 38.4 Å². The van der Waals surface area contributed by atoms with E-state index in [9.17, 15) is 24.0 Å². The van der Waals surface area contributed by atoms with E-state index in [1.165, 1.54) is 24.4 Å². The molecule has 3 aromatic carbocycles. The van der Waals surface area contributed by atoms with Gasteiger partial charge in [-0.2, -0.15) is 5.26 Å². The predicted octanol–water partition coefficient (Wildman–Crippen LogP) is 1.02. The molecule has 3 aromatic rings. The zero-order valence-electron chi connectivity index (χ0n) is 31.1. The van der Waals surface area contributed by atoms with Crippen LogP contribution in [0.1, 0.15) is 58.4 Å². The Morgan fingerprint density at radius 1 is 0.873 bits per heavy atom. The van der Waals surface area contributed by atoms with E-state index >= 15 is 0 Å². The van der Waals surface area contributed by atoms with E-state index in [1.807, 2.05) is 18.2 Å². The number of hydrogen-bond acceptors (Lipinski definition) is 10. The molecule has 55 heavy (non-hydrogen) atoms. The van der Waals surface area contributed by atoms with Gasteiger partial charge in [0.2, 0.25) is 23.6 Å². The number of fused-ring (bicyclic) bond motifs is 6. The second kappa shape index (κ2) is 18.9. The Labute approximate surface area is 320 Å². The summed E-state index contributed by atoms with van der Waals surface area (Å²) in [7, 11) is 1.44. The molecule has 0 fully saturated rings. The van der Waals surface area contributed by atoms with Gasteiger partial charge in [0.15, 0.2) is 0 Å². The Balaban J connectivity index is 1.54. The molecular formula is C40H48N8O7. The van der Waals surface area contributed by atoms with Crippen LogP contribution in [0.2, 0.25) is 0 Å². The molecule has 4 bridgehead atoms. The van der Waals surface area contributed by atoms with Crippen molar-refractivity contribution >= 4 is 29.5 Å². The van der Waals surface area contributed by atoms with Crippen molar-refractivity contribution in [2.45, 2.75) is 57.2 Å². The number of nitriles is 1. The van der Waals surface area contributed by atoms with Gasteiger partial charge in [0.1, 0.15) is 49.4 Å². The molecule has 8 N–H and O–H groups in total. The first-order valence-electron chi connectivity index (χ1n) is 18.4. The van der Waals surface area contributed by atoms with Gasteiger partial charge >= 0.3 is 0 Å². The Bertz CT molecular complexity index is 1960. The number of rotatable bonds is 12. The molecule has 15 heteroatoms. The molecule has 0 saturated carbocycles. The highest BCUT2D eigenvalue weighted by Gasteiger charge is 2.33. The van der Waals surface area contributed by atoms with Crippen LogP contribution in [0.3, 0.4) is 0 Å². The Kier molecular flexibility index (Phi) is 13.8. The number of likely N-dealkylation sites (N-methyl/N-ethyl adjacent to an activating group) is 1. The third-order valence-corrected chi connectivity index (χ3v) is 9.61. The first kappa shape index (κ1) is 40.2. The normalized spacial score (nSPS) is 17.9. The molecule has 0 aromatic heterocycles. The molecule has 0 saturated heterocycles. The molecule has 0 unspecified atom stereocenters. The number of ether oxygens (including phenoxy) is 2. The minimum Gasteiger partial charge on any atom is -0.492 e. The van der Waals surface area contributed by atoms with E-state index in [0.29, 0.717) is 39.3 Å². The summed E-state index contributed by atoms with van der Waals surface area (Å²) in [6.45, 7) is 1.56. The van der Waals surface area contributed by atoms with Gasteiger partial charge in [0, 0.05) is 43.2 Å². The first-order valence-corrected chi connectivity index (χ1v) is 18.4. The summed E-state index contributed by atoms with van der Waals surface area (Å²) in [5.74, 6) is -2.12. The lowest BCUT2D eigenvalue weighted by molar-refractivity contribution is -0.139. The third-order valence-electron chi connectivity index (χ3n) is 9.61. The number of carbonyl (C=O) groups excluding carboxylic acids is 5. The average Bonchev–Trinajstić information content (AvgIpc) is 3.19. The topological polar surface area (TPSA) is 231 Å². The molecule has 0 spiro atoms. The van der Waals surface area contributed by atoms with Crippen molar-refractivity contribution in [3.63, 3.8) is 0 Å². The number of nitrogens with two attached hydrogens (primary N) is 2. The molecule has 0 radical (unpaired) electrons. The lowest BCUT2D eigenvalue weighted by Crippen LogP contribution is -2.55. The van der Waals surface area contributed by atoms with E-state index in [1.54, 1.807) is 42.5 Å². The van der Waals surface area contributed by atoms with Gasteiger partial charge in [-0.15, -0.1) is 0 Å². The molecule has 2 aliphatic rings. The van der Waals surface area contributed by atoms with Crippen molar-refractivity contribution in [1.82, 2.24) is 26.2 Å². The smallest absolute Gasteiger partial charge is 0.251 e. The van der Waals surface area contributed by atoms with E-state index in [0.717, 1.165) is 31.2 Å². The van der Waals surface area contributed by atoms with Gasteiger partial charge in [-0.3, -0.25) is 24.0 Å². The van der Waals surface area contributed by atoms with Gasteiger partial charge in [0.25, 0.3) is 5.91 Å².